The summed E-state index contributed by atoms with van der Waals surface area (Å²) in [6.07, 6.45) is 1.56. The Kier molecular flexibility index (Phi) is 4.49. The number of hydrogen-bond donors (Lipinski definition) is 0. The van der Waals surface area contributed by atoms with Crippen LogP contribution in [0.15, 0.2) is 30.6 Å². The van der Waals surface area contributed by atoms with Crippen molar-refractivity contribution in [2.45, 2.75) is 26.4 Å². The summed E-state index contributed by atoms with van der Waals surface area (Å²) < 4.78 is 14.9. The molecule has 5 heteroatoms. The molecule has 1 heterocycles. The van der Waals surface area contributed by atoms with Gasteiger partial charge < -0.3 is 0 Å². The maximum absolute atomic E-state index is 13.1. The SMILES string of the molecule is CC(C)[C@H](c1ccc(F)cc1)N(C)Cc1ncnn1C. The first-order valence-corrected chi connectivity index (χ1v) is 6.77. The molecule has 0 saturated heterocycles. The topological polar surface area (TPSA) is 34.0 Å². The highest BCUT2D eigenvalue weighted by atomic mass is 19.1. The molecule has 1 atom stereocenters. The zero-order valence-electron chi connectivity index (χ0n) is 12.4. The lowest BCUT2D eigenvalue weighted by Crippen LogP contribution is -2.29. The summed E-state index contributed by atoms with van der Waals surface area (Å²) in [5.41, 5.74) is 1.12. The average molecular weight is 276 g/mol. The fourth-order valence-corrected chi connectivity index (χ4v) is 2.59. The molecule has 0 N–H and O–H groups in total. The van der Waals surface area contributed by atoms with Gasteiger partial charge in [0, 0.05) is 13.1 Å². The zero-order valence-corrected chi connectivity index (χ0v) is 12.4. The van der Waals surface area contributed by atoms with E-state index in [1.54, 1.807) is 11.0 Å². The van der Waals surface area contributed by atoms with Gasteiger partial charge in [-0.2, -0.15) is 5.10 Å². The summed E-state index contributed by atoms with van der Waals surface area (Å²) >= 11 is 0. The molecular weight excluding hydrogens is 255 g/mol. The van der Waals surface area contributed by atoms with E-state index in [9.17, 15) is 4.39 Å². The zero-order chi connectivity index (χ0) is 14.7. The summed E-state index contributed by atoms with van der Waals surface area (Å²) in [6.45, 7) is 5.04. The molecule has 1 aromatic carbocycles. The van der Waals surface area contributed by atoms with Crippen LogP contribution in [0.3, 0.4) is 0 Å². The van der Waals surface area contributed by atoms with E-state index in [-0.39, 0.29) is 11.9 Å². The molecule has 0 aliphatic heterocycles. The van der Waals surface area contributed by atoms with Crippen molar-refractivity contribution < 1.29 is 4.39 Å². The third-order valence-corrected chi connectivity index (χ3v) is 3.51. The molecule has 2 rings (SSSR count). The van der Waals surface area contributed by atoms with Crippen molar-refractivity contribution >= 4 is 0 Å². The van der Waals surface area contributed by atoms with Gasteiger partial charge in [0.1, 0.15) is 18.0 Å². The Balaban J connectivity index is 2.20. The highest BCUT2D eigenvalue weighted by Gasteiger charge is 2.22. The average Bonchev–Trinajstić information content (AvgIpc) is 2.77. The molecule has 0 amide bonds. The Bertz CT molecular complexity index is 547. The van der Waals surface area contributed by atoms with E-state index < -0.39 is 0 Å². The van der Waals surface area contributed by atoms with Crippen LogP contribution in [0, 0.1) is 11.7 Å². The van der Waals surface area contributed by atoms with E-state index in [1.165, 1.54) is 12.1 Å². The van der Waals surface area contributed by atoms with Gasteiger partial charge in [-0.15, -0.1) is 0 Å². The van der Waals surface area contributed by atoms with E-state index in [1.807, 2.05) is 19.2 Å². The number of halogens is 1. The van der Waals surface area contributed by atoms with Crippen LogP contribution < -0.4 is 0 Å². The van der Waals surface area contributed by atoms with E-state index in [2.05, 4.69) is 35.9 Å². The first kappa shape index (κ1) is 14.7. The summed E-state index contributed by atoms with van der Waals surface area (Å²) in [7, 11) is 3.95. The number of hydrogen-bond acceptors (Lipinski definition) is 3. The number of nitrogens with zero attached hydrogens (tertiary/aromatic N) is 4. The van der Waals surface area contributed by atoms with Crippen LogP contribution in [0.25, 0.3) is 0 Å². The van der Waals surface area contributed by atoms with Crippen LogP contribution in [0.2, 0.25) is 0 Å². The van der Waals surface area contributed by atoms with Gasteiger partial charge in [-0.25, -0.2) is 9.37 Å². The Labute approximate surface area is 119 Å². The van der Waals surface area contributed by atoms with Crippen molar-refractivity contribution in [3.63, 3.8) is 0 Å². The van der Waals surface area contributed by atoms with Gasteiger partial charge in [-0.05, 0) is 30.7 Å². The molecule has 2 aromatic rings. The van der Waals surface area contributed by atoms with Crippen molar-refractivity contribution in [2.75, 3.05) is 7.05 Å². The summed E-state index contributed by atoms with van der Waals surface area (Å²) in [5.74, 6) is 1.13. The van der Waals surface area contributed by atoms with Crippen LogP contribution in [0.1, 0.15) is 31.3 Å². The minimum absolute atomic E-state index is 0.202. The summed E-state index contributed by atoms with van der Waals surface area (Å²) in [6, 6.07) is 6.95. The largest absolute Gasteiger partial charge is 0.292 e. The van der Waals surface area contributed by atoms with Crippen molar-refractivity contribution in [3.8, 4) is 0 Å². The third-order valence-electron chi connectivity index (χ3n) is 3.51. The molecule has 0 spiro atoms. The van der Waals surface area contributed by atoms with Crippen molar-refractivity contribution in [2.24, 2.45) is 13.0 Å². The first-order valence-electron chi connectivity index (χ1n) is 6.77. The lowest BCUT2D eigenvalue weighted by molar-refractivity contribution is 0.179. The van der Waals surface area contributed by atoms with Crippen molar-refractivity contribution in [1.29, 1.82) is 0 Å². The predicted molar refractivity (Wildman–Crippen MR) is 76.4 cm³/mol. The second-order valence-electron chi connectivity index (χ2n) is 5.46. The third kappa shape index (κ3) is 3.22. The standard InChI is InChI=1S/C15H21FN4/c1-11(2)15(12-5-7-13(16)8-6-12)19(3)9-14-17-10-18-20(14)4/h5-8,10-11,15H,9H2,1-4H3/t15-/m1/s1. The highest BCUT2D eigenvalue weighted by molar-refractivity contribution is 5.20. The van der Waals surface area contributed by atoms with Crippen LogP contribution in [-0.2, 0) is 13.6 Å². The maximum Gasteiger partial charge on any atom is 0.140 e. The first-order chi connectivity index (χ1) is 9.49. The smallest absolute Gasteiger partial charge is 0.140 e. The molecule has 108 valence electrons. The second-order valence-corrected chi connectivity index (χ2v) is 5.46. The molecule has 0 aliphatic carbocycles. The minimum Gasteiger partial charge on any atom is -0.292 e. The fraction of sp³-hybridized carbons (Fsp3) is 0.467. The second kappa shape index (κ2) is 6.13. The van der Waals surface area contributed by atoms with Gasteiger partial charge in [0.25, 0.3) is 0 Å². The minimum atomic E-state index is -0.202. The summed E-state index contributed by atoms with van der Waals surface area (Å²) in [5, 5.41) is 4.09. The Hall–Kier alpha value is -1.75. The lowest BCUT2D eigenvalue weighted by Gasteiger charge is -2.31. The fourth-order valence-electron chi connectivity index (χ4n) is 2.59. The molecule has 4 nitrogen and oxygen atoms in total. The van der Waals surface area contributed by atoms with Gasteiger partial charge in [0.2, 0.25) is 0 Å². The lowest BCUT2D eigenvalue weighted by atomic mass is 9.94. The van der Waals surface area contributed by atoms with Crippen LogP contribution in [0.4, 0.5) is 4.39 Å². The molecule has 0 unspecified atom stereocenters. The molecule has 0 fully saturated rings. The molecular formula is C15H21FN4. The molecule has 0 saturated carbocycles. The number of rotatable bonds is 5. The quantitative estimate of drug-likeness (QED) is 0.842. The Morgan fingerprint density at radius 2 is 1.90 bits per heavy atom. The monoisotopic (exact) mass is 276 g/mol. The Morgan fingerprint density at radius 3 is 2.40 bits per heavy atom. The number of benzene rings is 1. The van der Waals surface area contributed by atoms with Gasteiger partial charge in [-0.3, -0.25) is 9.58 Å². The van der Waals surface area contributed by atoms with Crippen molar-refractivity contribution in [1.82, 2.24) is 19.7 Å². The highest BCUT2D eigenvalue weighted by Crippen LogP contribution is 2.28. The van der Waals surface area contributed by atoms with Gasteiger partial charge >= 0.3 is 0 Å². The predicted octanol–water partition coefficient (Wildman–Crippen LogP) is 2.78. The molecule has 0 radical (unpaired) electrons. The maximum atomic E-state index is 13.1. The van der Waals surface area contributed by atoms with Crippen molar-refractivity contribution in [3.05, 3.63) is 47.8 Å². The van der Waals surface area contributed by atoms with E-state index >= 15 is 0 Å². The van der Waals surface area contributed by atoms with Gasteiger partial charge in [0.05, 0.1) is 6.54 Å². The molecule has 0 bridgehead atoms. The van der Waals surface area contributed by atoms with E-state index in [0.717, 1.165) is 11.4 Å². The van der Waals surface area contributed by atoms with Crippen LogP contribution in [-0.4, -0.2) is 26.7 Å². The normalized spacial score (nSPS) is 13.2. The van der Waals surface area contributed by atoms with Crippen LogP contribution >= 0.6 is 0 Å². The van der Waals surface area contributed by atoms with Gasteiger partial charge in [-0.1, -0.05) is 26.0 Å². The van der Waals surface area contributed by atoms with E-state index in [4.69, 9.17) is 0 Å². The van der Waals surface area contributed by atoms with E-state index in [0.29, 0.717) is 12.5 Å². The Morgan fingerprint density at radius 1 is 1.25 bits per heavy atom. The van der Waals surface area contributed by atoms with Gasteiger partial charge in [0.15, 0.2) is 0 Å². The summed E-state index contributed by atoms with van der Waals surface area (Å²) in [4.78, 5) is 6.48. The number of aryl methyl sites for hydroxylation is 1. The molecule has 0 aliphatic rings. The molecule has 1 aromatic heterocycles. The molecule has 20 heavy (non-hydrogen) atoms. The number of aromatic nitrogens is 3. The van der Waals surface area contributed by atoms with Crippen LogP contribution in [0.5, 0.6) is 0 Å².